The second-order valence-electron chi connectivity index (χ2n) is 2.11. The molecule has 10 heteroatoms. The predicted molar refractivity (Wildman–Crippen MR) is 47.2 cm³/mol. The molecule has 5 N–H and O–H groups in total. The average Bonchev–Trinajstić information content (AvgIpc) is 2.52. The van der Waals surface area contributed by atoms with Crippen LogP contribution in [0.25, 0.3) is 11.2 Å². The minimum absolute atomic E-state index is 0. The van der Waals surface area contributed by atoms with Gasteiger partial charge in [0.1, 0.15) is 0 Å². The van der Waals surface area contributed by atoms with E-state index in [1.807, 2.05) is 0 Å². The van der Waals surface area contributed by atoms with Crippen LogP contribution in [0.3, 0.4) is 0 Å². The molecule has 0 atom stereocenters. The van der Waals surface area contributed by atoms with Crippen LogP contribution in [-0.2, 0) is 0 Å². The Labute approximate surface area is 81.0 Å². The summed E-state index contributed by atoms with van der Waals surface area (Å²) in [5.41, 5.74) is 0.887. The maximum atomic E-state index is 10.9. The van der Waals surface area contributed by atoms with Gasteiger partial charge in [0, 0.05) is 0 Å². The van der Waals surface area contributed by atoms with Crippen LogP contribution in [0.4, 0.5) is 0 Å². The fraction of sp³-hybridized carbons (Fsp3) is 0. The monoisotopic (exact) mass is 217 g/mol. The van der Waals surface area contributed by atoms with Gasteiger partial charge in [0.2, 0.25) is 0 Å². The Morgan fingerprint density at radius 3 is 2.53 bits per heavy atom. The van der Waals surface area contributed by atoms with Crippen LogP contribution in [0.2, 0.25) is 0 Å². The number of rotatable bonds is 0. The van der Waals surface area contributed by atoms with E-state index in [0.717, 1.165) is 0 Å². The molecule has 0 amide bonds. The zero-order chi connectivity index (χ0) is 10.6. The van der Waals surface area contributed by atoms with Gasteiger partial charge in [-0.15, -0.1) is 0 Å². The number of fused-ring (bicyclic) bond motifs is 1. The van der Waals surface area contributed by atoms with E-state index in [2.05, 4.69) is 19.9 Å². The molecule has 2 aromatic heterocycles. The smallest absolute Gasteiger partial charge is 0.334 e. The number of nitrogens with one attached hydrogen (secondary N) is 3. The first-order chi connectivity index (χ1) is 6.61. The van der Waals surface area contributed by atoms with Crippen molar-refractivity contribution in [2.24, 2.45) is 0 Å². The molecule has 0 fully saturated rings. The Morgan fingerprint density at radius 2 is 2.00 bits per heavy atom. The number of nitrogens with zero attached hydrogens (tertiary/aromatic N) is 2. The van der Waals surface area contributed by atoms with Gasteiger partial charge in [0.15, 0.2) is 18.2 Å². The minimum atomic E-state index is -1.75. The van der Waals surface area contributed by atoms with Crippen LogP contribution in [-0.4, -0.2) is 25.5 Å². The Balaban J connectivity index is 0.000000346. The molecule has 2 heterocycles. The van der Waals surface area contributed by atoms with Gasteiger partial charge in [0.25, 0.3) is 5.65 Å². The molecule has 15 heavy (non-hydrogen) atoms. The van der Waals surface area contributed by atoms with Crippen molar-refractivity contribution in [2.45, 2.75) is 0 Å². The highest BCUT2D eigenvalue weighted by molar-refractivity contribution is 5.63. The summed E-state index contributed by atoms with van der Waals surface area (Å²) in [4.78, 5) is 30.9. The van der Waals surface area contributed by atoms with Crippen molar-refractivity contribution in [2.75, 3.05) is 0 Å². The van der Waals surface area contributed by atoms with Crippen LogP contribution in [0, 0.1) is 15.3 Å². The highest BCUT2D eigenvalue weighted by Crippen LogP contribution is 1.90. The van der Waals surface area contributed by atoms with Crippen molar-refractivity contribution in [1.29, 1.82) is 0 Å². The zero-order valence-corrected chi connectivity index (χ0v) is 7.18. The lowest BCUT2D eigenvalue weighted by molar-refractivity contribution is -0.402. The maximum Gasteiger partial charge on any atom is 0.334 e. The highest BCUT2D eigenvalue weighted by Gasteiger charge is 2.04. The third kappa shape index (κ3) is 3.40. The van der Waals surface area contributed by atoms with Gasteiger partial charge < -0.3 is 25.8 Å². The molecule has 82 valence electrons. The van der Waals surface area contributed by atoms with Gasteiger partial charge in [-0.05, 0) is 0 Å². The third-order valence-electron chi connectivity index (χ3n) is 1.28. The average molecular weight is 217 g/mol. The van der Waals surface area contributed by atoms with Crippen molar-refractivity contribution in [1.82, 2.24) is 15.0 Å². The first-order valence-electron chi connectivity index (χ1n) is 3.35. The molecule has 0 aliphatic rings. The molecule has 0 radical (unpaired) electrons. The van der Waals surface area contributed by atoms with E-state index in [1.54, 1.807) is 0 Å². The Bertz CT molecular complexity index is 486. The standard InChI is InChI=1S/C5H4N4O.NO3.H2O/c10-5-3-4(7-1-6-3)8-2-9-5;2-1(3)4;/h1-2H,(H2,6,7,8,9,10);;1H2/q;-1;/p+1. The summed E-state index contributed by atoms with van der Waals surface area (Å²) in [5, 5.41) is 14.8. The van der Waals surface area contributed by atoms with Crippen molar-refractivity contribution in [3.8, 4) is 0 Å². The normalized spacial score (nSPS) is 8.53. The summed E-state index contributed by atoms with van der Waals surface area (Å²) in [6.07, 6.45) is 2.92. The second-order valence-corrected chi connectivity index (χ2v) is 2.11. The lowest BCUT2D eigenvalue weighted by Crippen LogP contribution is -2.15. The van der Waals surface area contributed by atoms with Gasteiger partial charge in [0.05, 0.1) is 5.09 Å². The molecule has 0 saturated heterocycles. The predicted octanol–water partition coefficient (Wildman–Crippen LogP) is -2.00. The van der Waals surface area contributed by atoms with Gasteiger partial charge in [-0.25, -0.2) is 14.8 Å². The molecule has 0 aliphatic heterocycles. The number of H-pyrrole nitrogens is 3. The summed E-state index contributed by atoms with van der Waals surface area (Å²) < 4.78 is 0. The molecule has 0 aliphatic carbocycles. The van der Waals surface area contributed by atoms with Crippen LogP contribution < -0.4 is 10.5 Å². The molecule has 10 nitrogen and oxygen atoms in total. The number of imidazole rings is 1. The van der Waals surface area contributed by atoms with Crippen LogP contribution >= 0.6 is 0 Å². The minimum Gasteiger partial charge on any atom is -0.412 e. The fourth-order valence-corrected chi connectivity index (χ4v) is 0.819. The molecule has 0 bridgehead atoms. The summed E-state index contributed by atoms with van der Waals surface area (Å²) in [6, 6.07) is 0. The first-order valence-corrected chi connectivity index (χ1v) is 3.35. The number of hydrogen-bond acceptors (Lipinski definition) is 5. The topological polar surface area (TPSA) is 173 Å². The van der Waals surface area contributed by atoms with Crippen LogP contribution in [0.5, 0.6) is 0 Å². The maximum absolute atomic E-state index is 10.9. The SMILES string of the molecule is O.O=[N+]([O-])[O-].O=c1[nH]c[nH+]c2nc[nH]c12. The Hall–Kier alpha value is -2.49. The molecule has 0 aromatic carbocycles. The van der Waals surface area contributed by atoms with E-state index in [4.69, 9.17) is 15.3 Å². The van der Waals surface area contributed by atoms with E-state index in [9.17, 15) is 4.79 Å². The molecule has 2 rings (SSSR count). The van der Waals surface area contributed by atoms with Gasteiger partial charge in [-0.2, -0.15) is 0 Å². The summed E-state index contributed by atoms with van der Waals surface area (Å²) in [5.74, 6) is 0. The summed E-state index contributed by atoms with van der Waals surface area (Å²) in [7, 11) is 0. The quantitative estimate of drug-likeness (QED) is 0.382. The van der Waals surface area contributed by atoms with E-state index in [-0.39, 0.29) is 11.0 Å². The van der Waals surface area contributed by atoms with E-state index >= 15 is 0 Å². The largest absolute Gasteiger partial charge is 0.412 e. The van der Waals surface area contributed by atoms with Gasteiger partial charge in [-0.3, -0.25) is 0 Å². The highest BCUT2D eigenvalue weighted by atomic mass is 16.9. The van der Waals surface area contributed by atoms with Crippen LogP contribution in [0.1, 0.15) is 0 Å². The molecular formula is C5H7N5O5. The van der Waals surface area contributed by atoms with Gasteiger partial charge in [-0.1, -0.05) is 4.98 Å². The molecule has 0 saturated carbocycles. The van der Waals surface area contributed by atoms with E-state index in [1.165, 1.54) is 12.7 Å². The lowest BCUT2D eigenvalue weighted by atomic mass is 10.6. The molecule has 0 spiro atoms. The van der Waals surface area contributed by atoms with Crippen LogP contribution in [0.15, 0.2) is 17.4 Å². The van der Waals surface area contributed by atoms with E-state index < -0.39 is 5.09 Å². The molecule has 0 unspecified atom stereocenters. The van der Waals surface area contributed by atoms with Crippen molar-refractivity contribution in [3.63, 3.8) is 0 Å². The Kier molecular flexibility index (Phi) is 4.41. The zero-order valence-electron chi connectivity index (χ0n) is 7.18. The third-order valence-corrected chi connectivity index (χ3v) is 1.28. The van der Waals surface area contributed by atoms with Crippen molar-refractivity contribution in [3.05, 3.63) is 38.3 Å². The summed E-state index contributed by atoms with van der Waals surface area (Å²) in [6.45, 7) is 0. The summed E-state index contributed by atoms with van der Waals surface area (Å²) >= 11 is 0. The Morgan fingerprint density at radius 1 is 1.40 bits per heavy atom. The number of hydrogen-bond donors (Lipinski definition) is 2. The molecular weight excluding hydrogens is 210 g/mol. The molecule has 2 aromatic rings. The lowest BCUT2D eigenvalue weighted by Gasteiger charge is -1.76. The fourth-order valence-electron chi connectivity index (χ4n) is 0.819. The van der Waals surface area contributed by atoms with Gasteiger partial charge >= 0.3 is 5.56 Å². The van der Waals surface area contributed by atoms with E-state index in [0.29, 0.717) is 11.2 Å². The van der Waals surface area contributed by atoms with Crippen molar-refractivity contribution >= 4 is 11.2 Å². The second kappa shape index (κ2) is 5.29. The number of aromatic amines is 3. The number of aromatic nitrogens is 4. The first kappa shape index (κ1) is 12.5. The van der Waals surface area contributed by atoms with Crippen molar-refractivity contribution < 1.29 is 15.5 Å².